The Morgan fingerprint density at radius 2 is 2.19 bits per heavy atom. The molecule has 0 saturated heterocycles. The van der Waals surface area contributed by atoms with Gasteiger partial charge in [0.2, 0.25) is 0 Å². The summed E-state index contributed by atoms with van der Waals surface area (Å²) >= 11 is 0. The first-order chi connectivity index (χ1) is 10.2. The molecule has 1 aliphatic carbocycles. The second kappa shape index (κ2) is 5.82. The maximum atomic E-state index is 5.78. The largest absolute Gasteiger partial charge is 0.497 e. The van der Waals surface area contributed by atoms with Gasteiger partial charge in [-0.15, -0.1) is 0 Å². The summed E-state index contributed by atoms with van der Waals surface area (Å²) in [6, 6.07) is 8.08. The highest BCUT2D eigenvalue weighted by Crippen LogP contribution is 2.19. The van der Waals surface area contributed by atoms with E-state index >= 15 is 0 Å². The second-order valence-corrected chi connectivity index (χ2v) is 4.95. The van der Waals surface area contributed by atoms with E-state index in [4.69, 9.17) is 10.5 Å². The summed E-state index contributed by atoms with van der Waals surface area (Å²) in [5.41, 5.74) is 6.70. The standard InChI is InChI=1S/C14H18N6O/c1-21-11-6-2-9(3-7-11)13-18-12(19-20-13)8-16-14(15)17-10-4-5-10/h2-3,6-7,10H,4-5,8H2,1H3,(H3,15,16,17)(H,18,19,20). The summed E-state index contributed by atoms with van der Waals surface area (Å²) in [4.78, 5) is 8.64. The highest BCUT2D eigenvalue weighted by molar-refractivity contribution is 5.78. The quantitative estimate of drug-likeness (QED) is 0.563. The highest BCUT2D eigenvalue weighted by Gasteiger charge is 2.21. The molecule has 0 aliphatic heterocycles. The number of aromatic amines is 1. The van der Waals surface area contributed by atoms with E-state index in [2.05, 4.69) is 25.5 Å². The molecule has 110 valence electrons. The van der Waals surface area contributed by atoms with Crippen LogP contribution in [0.4, 0.5) is 0 Å². The Labute approximate surface area is 122 Å². The number of benzene rings is 1. The lowest BCUT2D eigenvalue weighted by Crippen LogP contribution is -2.33. The van der Waals surface area contributed by atoms with E-state index in [1.807, 2.05) is 24.3 Å². The summed E-state index contributed by atoms with van der Waals surface area (Å²) in [7, 11) is 1.64. The molecule has 4 N–H and O–H groups in total. The monoisotopic (exact) mass is 286 g/mol. The molecule has 0 spiro atoms. The zero-order valence-corrected chi connectivity index (χ0v) is 11.8. The minimum atomic E-state index is 0.384. The third-order valence-corrected chi connectivity index (χ3v) is 3.21. The van der Waals surface area contributed by atoms with Gasteiger partial charge in [0.25, 0.3) is 0 Å². The number of H-pyrrole nitrogens is 1. The summed E-state index contributed by atoms with van der Waals surface area (Å²) < 4.78 is 5.12. The van der Waals surface area contributed by atoms with Gasteiger partial charge in [0.05, 0.1) is 7.11 Å². The highest BCUT2D eigenvalue weighted by atomic mass is 16.5. The number of rotatable bonds is 5. The summed E-state index contributed by atoms with van der Waals surface area (Å²) in [5, 5.41) is 10.2. The van der Waals surface area contributed by atoms with Crippen LogP contribution in [0, 0.1) is 0 Å². The average molecular weight is 286 g/mol. The molecule has 1 aromatic heterocycles. The molecule has 1 aliphatic rings. The maximum Gasteiger partial charge on any atom is 0.189 e. The Hall–Kier alpha value is -2.57. The van der Waals surface area contributed by atoms with Crippen LogP contribution in [-0.2, 0) is 6.54 Å². The van der Waals surface area contributed by atoms with Crippen molar-refractivity contribution in [2.24, 2.45) is 10.7 Å². The van der Waals surface area contributed by atoms with Gasteiger partial charge in [-0.05, 0) is 37.1 Å². The third-order valence-electron chi connectivity index (χ3n) is 3.21. The van der Waals surface area contributed by atoms with Crippen molar-refractivity contribution in [3.63, 3.8) is 0 Å². The normalized spacial score (nSPS) is 15.0. The van der Waals surface area contributed by atoms with Crippen molar-refractivity contribution in [2.45, 2.75) is 25.4 Å². The molecule has 1 aromatic carbocycles. The van der Waals surface area contributed by atoms with Crippen molar-refractivity contribution in [2.75, 3.05) is 7.11 Å². The molecule has 3 rings (SSSR count). The SMILES string of the molecule is COc1ccc(-c2n[nH]c(CN=C(N)NC3CC3)n2)cc1. The molecule has 0 amide bonds. The van der Waals surface area contributed by atoms with Gasteiger partial charge in [-0.2, -0.15) is 5.10 Å². The van der Waals surface area contributed by atoms with E-state index in [1.165, 1.54) is 12.8 Å². The minimum absolute atomic E-state index is 0.384. The lowest BCUT2D eigenvalue weighted by molar-refractivity contribution is 0.415. The van der Waals surface area contributed by atoms with Crippen LogP contribution >= 0.6 is 0 Å². The molecular weight excluding hydrogens is 268 g/mol. The Balaban J connectivity index is 1.64. The number of guanidine groups is 1. The van der Waals surface area contributed by atoms with Gasteiger partial charge < -0.3 is 15.8 Å². The van der Waals surface area contributed by atoms with E-state index in [0.717, 1.165) is 11.3 Å². The second-order valence-electron chi connectivity index (χ2n) is 4.95. The first-order valence-corrected chi connectivity index (χ1v) is 6.87. The lowest BCUT2D eigenvalue weighted by atomic mass is 10.2. The number of ether oxygens (including phenoxy) is 1. The molecule has 1 heterocycles. The van der Waals surface area contributed by atoms with Crippen LogP contribution in [0.2, 0.25) is 0 Å². The smallest absolute Gasteiger partial charge is 0.189 e. The first kappa shape index (κ1) is 13.4. The van der Waals surface area contributed by atoms with E-state index in [0.29, 0.717) is 30.2 Å². The van der Waals surface area contributed by atoms with Crippen LogP contribution in [-0.4, -0.2) is 34.3 Å². The minimum Gasteiger partial charge on any atom is -0.497 e. The van der Waals surface area contributed by atoms with Crippen LogP contribution < -0.4 is 15.8 Å². The summed E-state index contributed by atoms with van der Waals surface area (Å²) in [6.45, 7) is 0.384. The van der Waals surface area contributed by atoms with Crippen LogP contribution in [0.5, 0.6) is 5.75 Å². The fourth-order valence-electron chi connectivity index (χ4n) is 1.88. The number of nitrogens with two attached hydrogens (primary N) is 1. The van der Waals surface area contributed by atoms with Gasteiger partial charge in [-0.25, -0.2) is 9.98 Å². The van der Waals surface area contributed by atoms with Gasteiger partial charge in [0.15, 0.2) is 11.8 Å². The molecule has 1 fully saturated rings. The number of nitrogens with zero attached hydrogens (tertiary/aromatic N) is 3. The number of aromatic nitrogens is 3. The van der Waals surface area contributed by atoms with Crippen molar-refractivity contribution < 1.29 is 4.74 Å². The molecule has 21 heavy (non-hydrogen) atoms. The van der Waals surface area contributed by atoms with Crippen molar-refractivity contribution in [1.82, 2.24) is 20.5 Å². The molecule has 7 nitrogen and oxygen atoms in total. The number of hydrogen-bond acceptors (Lipinski definition) is 4. The topological polar surface area (TPSA) is 101 Å². The molecule has 1 saturated carbocycles. The Morgan fingerprint density at radius 1 is 1.43 bits per heavy atom. The molecule has 0 radical (unpaired) electrons. The Kier molecular flexibility index (Phi) is 3.72. The zero-order chi connectivity index (χ0) is 14.7. The lowest BCUT2D eigenvalue weighted by Gasteiger charge is -2.01. The van der Waals surface area contributed by atoms with Gasteiger partial charge in [0.1, 0.15) is 18.1 Å². The van der Waals surface area contributed by atoms with Gasteiger partial charge >= 0.3 is 0 Å². The number of aliphatic imine (C=N–C) groups is 1. The third kappa shape index (κ3) is 3.50. The van der Waals surface area contributed by atoms with E-state index in [-0.39, 0.29) is 0 Å². The van der Waals surface area contributed by atoms with E-state index in [1.54, 1.807) is 7.11 Å². The zero-order valence-electron chi connectivity index (χ0n) is 11.8. The van der Waals surface area contributed by atoms with E-state index < -0.39 is 0 Å². The van der Waals surface area contributed by atoms with Crippen molar-refractivity contribution in [3.05, 3.63) is 30.1 Å². The van der Waals surface area contributed by atoms with Crippen molar-refractivity contribution in [1.29, 1.82) is 0 Å². The van der Waals surface area contributed by atoms with Crippen molar-refractivity contribution in [3.8, 4) is 17.1 Å². The summed E-state index contributed by atoms with van der Waals surface area (Å²) in [5.74, 6) is 2.58. The predicted octanol–water partition coefficient (Wildman–Crippen LogP) is 1.05. The average Bonchev–Trinajstić information content (AvgIpc) is 3.19. The molecule has 7 heteroatoms. The van der Waals surface area contributed by atoms with Gasteiger partial charge in [-0.1, -0.05) is 0 Å². The molecule has 0 atom stereocenters. The van der Waals surface area contributed by atoms with Crippen LogP contribution in [0.25, 0.3) is 11.4 Å². The first-order valence-electron chi connectivity index (χ1n) is 6.87. The maximum absolute atomic E-state index is 5.78. The van der Waals surface area contributed by atoms with Gasteiger partial charge in [0, 0.05) is 11.6 Å². The van der Waals surface area contributed by atoms with E-state index in [9.17, 15) is 0 Å². The summed E-state index contributed by atoms with van der Waals surface area (Å²) in [6.07, 6.45) is 2.33. The molecule has 2 aromatic rings. The molecule has 0 bridgehead atoms. The van der Waals surface area contributed by atoms with Crippen molar-refractivity contribution >= 4 is 5.96 Å². The fraction of sp³-hybridized carbons (Fsp3) is 0.357. The Bertz CT molecular complexity index is 629. The number of hydrogen-bond donors (Lipinski definition) is 3. The fourth-order valence-corrected chi connectivity index (χ4v) is 1.88. The van der Waals surface area contributed by atoms with Crippen LogP contribution in [0.3, 0.4) is 0 Å². The number of nitrogens with one attached hydrogen (secondary N) is 2. The molecular formula is C14H18N6O. The predicted molar refractivity (Wildman–Crippen MR) is 79.9 cm³/mol. The van der Waals surface area contributed by atoms with Gasteiger partial charge in [-0.3, -0.25) is 5.10 Å². The molecule has 0 unspecified atom stereocenters. The Morgan fingerprint density at radius 3 is 2.86 bits per heavy atom. The van der Waals surface area contributed by atoms with Crippen LogP contribution in [0.15, 0.2) is 29.3 Å². The van der Waals surface area contributed by atoms with Crippen LogP contribution in [0.1, 0.15) is 18.7 Å². The number of methoxy groups -OCH3 is 1.